The van der Waals surface area contributed by atoms with Crippen molar-refractivity contribution in [3.05, 3.63) is 21.9 Å². The van der Waals surface area contributed by atoms with E-state index in [4.69, 9.17) is 0 Å². The molecule has 0 aliphatic heterocycles. The quantitative estimate of drug-likeness (QED) is 0.808. The second kappa shape index (κ2) is 6.41. The van der Waals surface area contributed by atoms with Crippen LogP contribution in [0.3, 0.4) is 0 Å². The summed E-state index contributed by atoms with van der Waals surface area (Å²) in [5.41, 5.74) is 0.293. The molecule has 108 valence electrons. The zero-order chi connectivity index (χ0) is 13.9. The average molecular weight is 279 g/mol. The summed E-state index contributed by atoms with van der Waals surface area (Å²) >= 11 is 1.97. The van der Waals surface area contributed by atoms with Gasteiger partial charge < -0.3 is 5.32 Å². The van der Waals surface area contributed by atoms with Crippen molar-refractivity contribution in [3.8, 4) is 0 Å². The lowest BCUT2D eigenvalue weighted by Crippen LogP contribution is -2.33. The molecule has 0 radical (unpaired) electrons. The van der Waals surface area contributed by atoms with Gasteiger partial charge in [0.25, 0.3) is 0 Å². The molecule has 0 spiro atoms. The smallest absolute Gasteiger partial charge is 0.0302 e. The molecular formula is C17H29NS. The average Bonchev–Trinajstić information content (AvgIpc) is 2.85. The second-order valence-corrected chi connectivity index (χ2v) is 8.20. The van der Waals surface area contributed by atoms with Gasteiger partial charge in [-0.05, 0) is 36.3 Å². The van der Waals surface area contributed by atoms with Gasteiger partial charge in [0.1, 0.15) is 0 Å². The van der Waals surface area contributed by atoms with Gasteiger partial charge in [-0.15, -0.1) is 11.3 Å². The van der Waals surface area contributed by atoms with Crippen LogP contribution >= 0.6 is 11.3 Å². The highest BCUT2D eigenvalue weighted by Gasteiger charge is 2.21. The maximum Gasteiger partial charge on any atom is 0.0302 e. The van der Waals surface area contributed by atoms with Crippen LogP contribution in [0.2, 0.25) is 0 Å². The topological polar surface area (TPSA) is 12.0 Å². The molecule has 1 aliphatic carbocycles. The van der Waals surface area contributed by atoms with Gasteiger partial charge in [0.15, 0.2) is 0 Å². The molecule has 0 amide bonds. The van der Waals surface area contributed by atoms with Crippen LogP contribution in [0.25, 0.3) is 0 Å². The maximum atomic E-state index is 3.78. The Labute approximate surface area is 122 Å². The second-order valence-electron chi connectivity index (χ2n) is 7.03. The monoisotopic (exact) mass is 279 g/mol. The fourth-order valence-corrected chi connectivity index (χ4v) is 3.98. The Hall–Kier alpha value is -0.340. The SMILES string of the molecule is CCC1CCCC(NCc2ccc(C(C)(C)C)s2)C1. The molecule has 1 N–H and O–H groups in total. The summed E-state index contributed by atoms with van der Waals surface area (Å²) in [5.74, 6) is 0.958. The van der Waals surface area contributed by atoms with Gasteiger partial charge in [-0.2, -0.15) is 0 Å². The van der Waals surface area contributed by atoms with E-state index in [9.17, 15) is 0 Å². The van der Waals surface area contributed by atoms with E-state index in [-0.39, 0.29) is 0 Å². The van der Waals surface area contributed by atoms with Gasteiger partial charge in [-0.1, -0.05) is 47.0 Å². The Bertz CT molecular complexity index is 388. The van der Waals surface area contributed by atoms with Crippen LogP contribution in [-0.2, 0) is 12.0 Å². The van der Waals surface area contributed by atoms with Crippen LogP contribution in [0.15, 0.2) is 12.1 Å². The first-order valence-electron chi connectivity index (χ1n) is 7.81. The molecular weight excluding hydrogens is 250 g/mol. The van der Waals surface area contributed by atoms with Crippen LogP contribution in [0.4, 0.5) is 0 Å². The summed E-state index contributed by atoms with van der Waals surface area (Å²) in [4.78, 5) is 2.99. The minimum absolute atomic E-state index is 0.293. The molecule has 1 nitrogen and oxygen atoms in total. The normalized spacial score (nSPS) is 24.6. The fourth-order valence-electron chi connectivity index (χ4n) is 2.97. The van der Waals surface area contributed by atoms with Gasteiger partial charge in [0, 0.05) is 22.3 Å². The molecule has 2 unspecified atom stereocenters. The number of thiophene rings is 1. The molecule has 19 heavy (non-hydrogen) atoms. The lowest BCUT2D eigenvalue weighted by Gasteiger charge is -2.29. The third kappa shape index (κ3) is 4.32. The Balaban J connectivity index is 1.83. The highest BCUT2D eigenvalue weighted by Crippen LogP contribution is 2.30. The predicted molar refractivity (Wildman–Crippen MR) is 85.9 cm³/mol. The fraction of sp³-hybridized carbons (Fsp3) is 0.765. The zero-order valence-corrected chi connectivity index (χ0v) is 13.8. The molecule has 0 saturated heterocycles. The van der Waals surface area contributed by atoms with E-state index in [0.717, 1.165) is 18.5 Å². The molecule has 1 aromatic rings. The van der Waals surface area contributed by atoms with Gasteiger partial charge >= 0.3 is 0 Å². The molecule has 2 heteroatoms. The summed E-state index contributed by atoms with van der Waals surface area (Å²) in [7, 11) is 0. The molecule has 0 bridgehead atoms. The summed E-state index contributed by atoms with van der Waals surface area (Å²) in [5, 5.41) is 3.78. The van der Waals surface area contributed by atoms with Crippen molar-refractivity contribution < 1.29 is 0 Å². The molecule has 1 heterocycles. The third-order valence-electron chi connectivity index (χ3n) is 4.33. The van der Waals surface area contributed by atoms with E-state index in [2.05, 4.69) is 45.1 Å². The van der Waals surface area contributed by atoms with Gasteiger partial charge in [-0.25, -0.2) is 0 Å². The first-order valence-corrected chi connectivity index (χ1v) is 8.63. The Kier molecular flexibility index (Phi) is 5.08. The first kappa shape index (κ1) is 15.1. The number of hydrogen-bond donors (Lipinski definition) is 1. The summed E-state index contributed by atoms with van der Waals surface area (Å²) in [6.07, 6.45) is 6.96. The number of rotatable bonds is 4. The van der Waals surface area contributed by atoms with Crippen molar-refractivity contribution >= 4 is 11.3 Å². The Morgan fingerprint density at radius 1 is 1.26 bits per heavy atom. The minimum atomic E-state index is 0.293. The van der Waals surface area contributed by atoms with E-state index in [1.54, 1.807) is 0 Å². The molecule has 1 aromatic heterocycles. The van der Waals surface area contributed by atoms with Crippen molar-refractivity contribution in [3.63, 3.8) is 0 Å². The molecule has 1 fully saturated rings. The summed E-state index contributed by atoms with van der Waals surface area (Å²) < 4.78 is 0. The lowest BCUT2D eigenvalue weighted by atomic mass is 9.84. The van der Waals surface area contributed by atoms with Crippen LogP contribution in [0.5, 0.6) is 0 Å². The Morgan fingerprint density at radius 2 is 2.05 bits per heavy atom. The van der Waals surface area contributed by atoms with Crippen molar-refractivity contribution in [2.24, 2.45) is 5.92 Å². The predicted octanol–water partition coefficient (Wildman–Crippen LogP) is 5.10. The van der Waals surface area contributed by atoms with Crippen LogP contribution in [0, 0.1) is 5.92 Å². The minimum Gasteiger partial charge on any atom is -0.309 e. The number of hydrogen-bond acceptors (Lipinski definition) is 2. The maximum absolute atomic E-state index is 3.78. The lowest BCUT2D eigenvalue weighted by molar-refractivity contribution is 0.279. The summed E-state index contributed by atoms with van der Waals surface area (Å²) in [6.45, 7) is 10.3. The standard InChI is InChI=1S/C17H29NS/c1-5-13-7-6-8-14(11-13)18-12-15-9-10-16(19-15)17(2,3)4/h9-10,13-14,18H,5-8,11-12H2,1-4H3. The molecule has 2 atom stereocenters. The molecule has 1 aliphatic rings. The third-order valence-corrected chi connectivity index (χ3v) is 5.84. The highest BCUT2D eigenvalue weighted by atomic mass is 32.1. The Morgan fingerprint density at radius 3 is 2.68 bits per heavy atom. The summed E-state index contributed by atoms with van der Waals surface area (Å²) in [6, 6.07) is 5.36. The van der Waals surface area contributed by atoms with Gasteiger partial charge in [0.2, 0.25) is 0 Å². The first-order chi connectivity index (χ1) is 8.99. The van der Waals surface area contributed by atoms with Crippen LogP contribution in [-0.4, -0.2) is 6.04 Å². The van der Waals surface area contributed by atoms with Crippen molar-refractivity contribution in [1.82, 2.24) is 5.32 Å². The highest BCUT2D eigenvalue weighted by molar-refractivity contribution is 7.12. The van der Waals surface area contributed by atoms with E-state index < -0.39 is 0 Å². The molecule has 0 aromatic carbocycles. The largest absolute Gasteiger partial charge is 0.309 e. The van der Waals surface area contributed by atoms with Crippen molar-refractivity contribution in [2.75, 3.05) is 0 Å². The molecule has 1 saturated carbocycles. The molecule has 2 rings (SSSR count). The van der Waals surface area contributed by atoms with Crippen molar-refractivity contribution in [1.29, 1.82) is 0 Å². The van der Waals surface area contributed by atoms with Gasteiger partial charge in [-0.3, -0.25) is 0 Å². The van der Waals surface area contributed by atoms with E-state index in [1.165, 1.54) is 41.9 Å². The number of nitrogens with one attached hydrogen (secondary N) is 1. The van der Waals surface area contributed by atoms with Gasteiger partial charge in [0.05, 0.1) is 0 Å². The van der Waals surface area contributed by atoms with Crippen LogP contribution < -0.4 is 5.32 Å². The van der Waals surface area contributed by atoms with E-state index in [0.29, 0.717) is 5.41 Å². The zero-order valence-electron chi connectivity index (χ0n) is 13.0. The van der Waals surface area contributed by atoms with E-state index >= 15 is 0 Å². The van der Waals surface area contributed by atoms with Crippen molar-refractivity contribution in [2.45, 2.75) is 77.8 Å². The van der Waals surface area contributed by atoms with Crippen LogP contribution in [0.1, 0.15) is 69.6 Å². The van der Waals surface area contributed by atoms with E-state index in [1.807, 2.05) is 11.3 Å².